The van der Waals surface area contributed by atoms with Gasteiger partial charge in [0.05, 0.1) is 0 Å². The van der Waals surface area contributed by atoms with E-state index in [2.05, 4.69) is 0 Å². The molecule has 0 radical (unpaired) electrons. The first-order chi connectivity index (χ1) is 9.00. The van der Waals surface area contributed by atoms with Crippen molar-refractivity contribution in [3.05, 3.63) is 47.8 Å². The van der Waals surface area contributed by atoms with Gasteiger partial charge < -0.3 is 4.90 Å². The van der Waals surface area contributed by atoms with E-state index in [9.17, 15) is 9.18 Å². The van der Waals surface area contributed by atoms with Gasteiger partial charge in [0.25, 0.3) is 5.91 Å². The molecule has 1 unspecified atom stereocenters. The van der Waals surface area contributed by atoms with E-state index in [1.807, 2.05) is 6.92 Å². The average molecular weight is 280 g/mol. The Hall–Kier alpha value is -1.61. The minimum atomic E-state index is -0.319. The number of carbonyl (C=O) groups is 1. The zero-order valence-corrected chi connectivity index (χ0v) is 11.6. The summed E-state index contributed by atoms with van der Waals surface area (Å²) in [4.78, 5) is 13.9. The molecule has 0 spiro atoms. The standard InChI is InChI=1S/C15H15ClFNO/c1-10(16)9-18(2)15(19)13-7-8-14(17)12-6-4-3-5-11(12)13/h3-8,10H,9H2,1-2H3. The molecule has 2 rings (SSSR count). The van der Waals surface area contributed by atoms with Crippen LogP contribution in [-0.4, -0.2) is 29.8 Å². The second kappa shape index (κ2) is 5.57. The van der Waals surface area contributed by atoms with Gasteiger partial charge >= 0.3 is 0 Å². The first kappa shape index (κ1) is 13.8. The van der Waals surface area contributed by atoms with Gasteiger partial charge in [0.1, 0.15) is 5.82 Å². The van der Waals surface area contributed by atoms with Gasteiger partial charge in [0.15, 0.2) is 0 Å². The van der Waals surface area contributed by atoms with Crippen molar-refractivity contribution >= 4 is 28.3 Å². The molecule has 0 aliphatic rings. The van der Waals surface area contributed by atoms with Crippen LogP contribution in [0.1, 0.15) is 17.3 Å². The molecule has 0 aliphatic heterocycles. The van der Waals surface area contributed by atoms with Crippen molar-refractivity contribution in [2.24, 2.45) is 0 Å². The first-order valence-electron chi connectivity index (χ1n) is 6.07. The number of alkyl halides is 1. The number of hydrogen-bond acceptors (Lipinski definition) is 1. The molecule has 0 saturated carbocycles. The molecule has 0 N–H and O–H groups in total. The monoisotopic (exact) mass is 279 g/mol. The molecular weight excluding hydrogens is 265 g/mol. The normalized spacial score (nSPS) is 12.4. The van der Waals surface area contributed by atoms with Crippen LogP contribution in [0.15, 0.2) is 36.4 Å². The van der Waals surface area contributed by atoms with Crippen LogP contribution in [0, 0.1) is 5.82 Å². The Morgan fingerprint density at radius 2 is 1.89 bits per heavy atom. The molecule has 19 heavy (non-hydrogen) atoms. The van der Waals surface area contributed by atoms with Gasteiger partial charge in [-0.3, -0.25) is 4.79 Å². The predicted molar refractivity (Wildman–Crippen MR) is 76.2 cm³/mol. The molecule has 0 bridgehead atoms. The third kappa shape index (κ3) is 2.87. The summed E-state index contributed by atoms with van der Waals surface area (Å²) in [7, 11) is 1.69. The topological polar surface area (TPSA) is 20.3 Å². The number of fused-ring (bicyclic) bond motifs is 1. The highest BCUT2D eigenvalue weighted by Gasteiger charge is 2.17. The van der Waals surface area contributed by atoms with Gasteiger partial charge in [-0.05, 0) is 24.4 Å². The lowest BCUT2D eigenvalue weighted by Crippen LogP contribution is -2.31. The lowest BCUT2D eigenvalue weighted by Gasteiger charge is -2.19. The zero-order valence-electron chi connectivity index (χ0n) is 10.9. The molecule has 4 heteroatoms. The minimum Gasteiger partial charge on any atom is -0.340 e. The molecule has 1 amide bonds. The Balaban J connectivity index is 2.46. The summed E-state index contributed by atoms with van der Waals surface area (Å²) in [6, 6.07) is 9.82. The Morgan fingerprint density at radius 3 is 2.53 bits per heavy atom. The zero-order chi connectivity index (χ0) is 14.0. The summed E-state index contributed by atoms with van der Waals surface area (Å²) >= 11 is 5.89. The summed E-state index contributed by atoms with van der Waals surface area (Å²) in [5.41, 5.74) is 0.497. The molecule has 1 atom stereocenters. The molecule has 0 fully saturated rings. The van der Waals surface area contributed by atoms with Crippen molar-refractivity contribution in [2.45, 2.75) is 12.3 Å². The Labute approximate surface area is 116 Å². The van der Waals surface area contributed by atoms with Crippen LogP contribution in [0.4, 0.5) is 4.39 Å². The van der Waals surface area contributed by atoms with Crippen molar-refractivity contribution < 1.29 is 9.18 Å². The number of halogens is 2. The highest BCUT2D eigenvalue weighted by atomic mass is 35.5. The molecule has 0 saturated heterocycles. The Bertz CT molecular complexity index is 612. The maximum Gasteiger partial charge on any atom is 0.254 e. The van der Waals surface area contributed by atoms with Crippen LogP contribution in [0.2, 0.25) is 0 Å². The number of hydrogen-bond donors (Lipinski definition) is 0. The SMILES string of the molecule is CC(Cl)CN(C)C(=O)c1ccc(F)c2ccccc12. The highest BCUT2D eigenvalue weighted by Crippen LogP contribution is 2.22. The molecule has 100 valence electrons. The van der Waals surface area contributed by atoms with Crippen molar-refractivity contribution in [3.8, 4) is 0 Å². The van der Waals surface area contributed by atoms with E-state index < -0.39 is 0 Å². The quantitative estimate of drug-likeness (QED) is 0.785. The molecule has 2 nitrogen and oxygen atoms in total. The largest absolute Gasteiger partial charge is 0.340 e. The maximum absolute atomic E-state index is 13.7. The smallest absolute Gasteiger partial charge is 0.254 e. The second-order valence-corrected chi connectivity index (χ2v) is 5.35. The van der Waals surface area contributed by atoms with Gasteiger partial charge in [0.2, 0.25) is 0 Å². The van der Waals surface area contributed by atoms with E-state index in [4.69, 9.17) is 11.6 Å². The van der Waals surface area contributed by atoms with Crippen LogP contribution in [0.25, 0.3) is 10.8 Å². The molecular formula is C15H15ClFNO. The fourth-order valence-electron chi connectivity index (χ4n) is 2.11. The van der Waals surface area contributed by atoms with Gasteiger partial charge in [-0.15, -0.1) is 11.6 Å². The summed E-state index contributed by atoms with van der Waals surface area (Å²) in [5.74, 6) is -0.468. The van der Waals surface area contributed by atoms with E-state index >= 15 is 0 Å². The van der Waals surface area contributed by atoms with E-state index in [0.717, 1.165) is 0 Å². The highest BCUT2D eigenvalue weighted by molar-refractivity contribution is 6.20. The van der Waals surface area contributed by atoms with Crippen LogP contribution < -0.4 is 0 Å². The van der Waals surface area contributed by atoms with Gasteiger partial charge in [0, 0.05) is 29.9 Å². The summed E-state index contributed by atoms with van der Waals surface area (Å²) in [5, 5.41) is 0.961. The van der Waals surface area contributed by atoms with Crippen LogP contribution >= 0.6 is 11.6 Å². The summed E-state index contributed by atoms with van der Waals surface area (Å²) in [6.07, 6.45) is 0. The van der Waals surface area contributed by atoms with Crippen LogP contribution in [0.3, 0.4) is 0 Å². The van der Waals surface area contributed by atoms with E-state index in [1.165, 1.54) is 12.1 Å². The third-order valence-corrected chi connectivity index (χ3v) is 3.11. The van der Waals surface area contributed by atoms with Crippen molar-refractivity contribution in [1.82, 2.24) is 4.90 Å². The molecule has 0 heterocycles. The lowest BCUT2D eigenvalue weighted by molar-refractivity contribution is 0.0798. The van der Waals surface area contributed by atoms with E-state index in [-0.39, 0.29) is 17.1 Å². The first-order valence-corrected chi connectivity index (χ1v) is 6.51. The number of nitrogens with zero attached hydrogens (tertiary/aromatic N) is 1. The van der Waals surface area contributed by atoms with E-state index in [0.29, 0.717) is 22.9 Å². The van der Waals surface area contributed by atoms with E-state index in [1.54, 1.807) is 36.2 Å². The molecule has 0 aliphatic carbocycles. The van der Waals surface area contributed by atoms with Crippen molar-refractivity contribution in [2.75, 3.05) is 13.6 Å². The Morgan fingerprint density at radius 1 is 1.26 bits per heavy atom. The molecule has 0 aromatic heterocycles. The fraction of sp³-hybridized carbons (Fsp3) is 0.267. The number of rotatable bonds is 3. The number of benzene rings is 2. The summed E-state index contributed by atoms with van der Waals surface area (Å²) < 4.78 is 13.7. The predicted octanol–water partition coefficient (Wildman–Crippen LogP) is 3.68. The number of amides is 1. The van der Waals surface area contributed by atoms with Gasteiger partial charge in [-0.1, -0.05) is 24.3 Å². The lowest BCUT2D eigenvalue weighted by atomic mass is 10.0. The van der Waals surface area contributed by atoms with Crippen molar-refractivity contribution in [3.63, 3.8) is 0 Å². The molecule has 2 aromatic carbocycles. The van der Waals surface area contributed by atoms with Gasteiger partial charge in [-0.2, -0.15) is 0 Å². The maximum atomic E-state index is 13.7. The van der Waals surface area contributed by atoms with Gasteiger partial charge in [-0.25, -0.2) is 4.39 Å². The molecule has 2 aromatic rings. The third-order valence-electron chi connectivity index (χ3n) is 2.97. The summed E-state index contributed by atoms with van der Waals surface area (Å²) in [6.45, 7) is 2.28. The Kier molecular flexibility index (Phi) is 4.05. The average Bonchev–Trinajstić information content (AvgIpc) is 2.38. The van der Waals surface area contributed by atoms with Crippen LogP contribution in [-0.2, 0) is 0 Å². The number of carbonyl (C=O) groups excluding carboxylic acids is 1. The fourth-order valence-corrected chi connectivity index (χ4v) is 2.32. The second-order valence-electron chi connectivity index (χ2n) is 4.61. The van der Waals surface area contributed by atoms with Crippen molar-refractivity contribution in [1.29, 1.82) is 0 Å². The van der Waals surface area contributed by atoms with Crippen LogP contribution in [0.5, 0.6) is 0 Å². The minimum absolute atomic E-state index is 0.124.